The zero-order chi connectivity index (χ0) is 23.0. The molecule has 0 aliphatic rings. The maximum atomic E-state index is 12.8. The van der Waals surface area contributed by atoms with Crippen molar-refractivity contribution in [1.29, 1.82) is 0 Å². The van der Waals surface area contributed by atoms with Gasteiger partial charge in [-0.05, 0) is 35.9 Å². The largest absolute Gasteiger partial charge is 0.495 e. The molecule has 0 radical (unpaired) electrons. The molecule has 0 saturated carbocycles. The Bertz CT molecular complexity index is 1200. The number of amides is 2. The van der Waals surface area contributed by atoms with Gasteiger partial charge in [0.15, 0.2) is 0 Å². The molecule has 8 nitrogen and oxygen atoms in total. The molecule has 0 unspecified atom stereocenters. The zero-order valence-corrected chi connectivity index (χ0v) is 18.2. The normalized spacial score (nSPS) is 10.8. The minimum absolute atomic E-state index is 0.0930. The third kappa shape index (κ3) is 6.08. The highest BCUT2D eigenvalue weighted by molar-refractivity contribution is 7.92. The average molecular weight is 454 g/mol. The van der Waals surface area contributed by atoms with Crippen molar-refractivity contribution in [2.75, 3.05) is 18.4 Å². The standard InChI is InChI=1S/C23H23N3O5S/c1-31-21-13-6-5-12-20(21)26-32(29,30)19-11-7-10-18(14-19)23(28)25-16-22(27)24-15-17-8-3-2-4-9-17/h2-14,26H,15-16H2,1H3,(H,24,27)(H,25,28). The number of nitrogens with one attached hydrogen (secondary N) is 3. The molecule has 0 saturated heterocycles. The summed E-state index contributed by atoms with van der Waals surface area (Å²) in [5.74, 6) is -0.551. The second-order valence-electron chi connectivity index (χ2n) is 6.78. The first-order chi connectivity index (χ1) is 15.4. The van der Waals surface area contributed by atoms with Gasteiger partial charge in [-0.3, -0.25) is 14.3 Å². The summed E-state index contributed by atoms with van der Waals surface area (Å²) in [5, 5.41) is 5.20. The predicted octanol–water partition coefficient (Wildman–Crippen LogP) is 2.54. The fraction of sp³-hybridized carbons (Fsp3) is 0.130. The van der Waals surface area contributed by atoms with Crippen molar-refractivity contribution in [2.24, 2.45) is 0 Å². The zero-order valence-electron chi connectivity index (χ0n) is 17.4. The van der Waals surface area contributed by atoms with Crippen molar-refractivity contribution in [2.45, 2.75) is 11.4 Å². The number of ether oxygens (including phenoxy) is 1. The van der Waals surface area contributed by atoms with E-state index in [9.17, 15) is 18.0 Å². The van der Waals surface area contributed by atoms with Crippen molar-refractivity contribution in [1.82, 2.24) is 10.6 Å². The fourth-order valence-corrected chi connectivity index (χ4v) is 3.97. The summed E-state index contributed by atoms with van der Waals surface area (Å²) in [6.07, 6.45) is 0. The minimum atomic E-state index is -3.96. The van der Waals surface area contributed by atoms with Gasteiger partial charge < -0.3 is 15.4 Å². The molecule has 0 fully saturated rings. The summed E-state index contributed by atoms with van der Waals surface area (Å²) >= 11 is 0. The number of benzene rings is 3. The lowest BCUT2D eigenvalue weighted by atomic mass is 10.2. The number of sulfonamides is 1. The molecule has 3 rings (SSSR count). The second-order valence-corrected chi connectivity index (χ2v) is 8.46. The van der Waals surface area contributed by atoms with Gasteiger partial charge in [0.1, 0.15) is 5.75 Å². The van der Waals surface area contributed by atoms with Crippen LogP contribution in [0.4, 0.5) is 5.69 Å². The highest BCUT2D eigenvalue weighted by Gasteiger charge is 2.18. The summed E-state index contributed by atoms with van der Waals surface area (Å²) in [7, 11) is -2.52. The van der Waals surface area contributed by atoms with Crippen LogP contribution in [0.2, 0.25) is 0 Å². The van der Waals surface area contributed by atoms with Crippen LogP contribution < -0.4 is 20.1 Å². The molecule has 2 amide bonds. The molecule has 3 aromatic carbocycles. The molecule has 166 valence electrons. The molecule has 9 heteroatoms. The van der Waals surface area contributed by atoms with Crippen molar-refractivity contribution in [3.63, 3.8) is 0 Å². The number of anilines is 1. The molecular weight excluding hydrogens is 430 g/mol. The molecule has 0 aliphatic carbocycles. The minimum Gasteiger partial charge on any atom is -0.495 e. The lowest BCUT2D eigenvalue weighted by Gasteiger charge is -2.12. The molecule has 0 aromatic heterocycles. The smallest absolute Gasteiger partial charge is 0.262 e. The quantitative estimate of drug-likeness (QED) is 0.461. The number of para-hydroxylation sites is 2. The Hall–Kier alpha value is -3.85. The highest BCUT2D eigenvalue weighted by Crippen LogP contribution is 2.26. The van der Waals surface area contributed by atoms with E-state index in [-0.39, 0.29) is 28.6 Å². The number of hydrogen-bond donors (Lipinski definition) is 3. The molecule has 3 N–H and O–H groups in total. The van der Waals surface area contributed by atoms with E-state index in [1.807, 2.05) is 30.3 Å². The maximum Gasteiger partial charge on any atom is 0.262 e. The van der Waals surface area contributed by atoms with Crippen molar-refractivity contribution in [3.8, 4) is 5.75 Å². The molecule has 0 bridgehead atoms. The van der Waals surface area contributed by atoms with Gasteiger partial charge in [-0.1, -0.05) is 48.5 Å². The predicted molar refractivity (Wildman–Crippen MR) is 121 cm³/mol. The van der Waals surface area contributed by atoms with Crippen LogP contribution in [0, 0.1) is 0 Å². The van der Waals surface area contributed by atoms with Crippen LogP contribution in [0.15, 0.2) is 83.8 Å². The Kier molecular flexibility index (Phi) is 7.45. The van der Waals surface area contributed by atoms with E-state index < -0.39 is 15.9 Å². The molecule has 3 aromatic rings. The van der Waals surface area contributed by atoms with Gasteiger partial charge in [-0.2, -0.15) is 0 Å². The Labute approximate surface area is 186 Å². The third-order valence-corrected chi connectivity index (χ3v) is 5.86. The Morgan fingerprint density at radius 1 is 0.875 bits per heavy atom. The summed E-state index contributed by atoms with van der Waals surface area (Å²) < 4.78 is 33.2. The summed E-state index contributed by atoms with van der Waals surface area (Å²) in [4.78, 5) is 24.3. The third-order valence-electron chi connectivity index (χ3n) is 4.50. The Morgan fingerprint density at radius 2 is 1.59 bits per heavy atom. The van der Waals surface area contributed by atoms with Gasteiger partial charge in [0, 0.05) is 12.1 Å². The average Bonchev–Trinajstić information content (AvgIpc) is 2.82. The Balaban J connectivity index is 1.62. The monoisotopic (exact) mass is 453 g/mol. The van der Waals surface area contributed by atoms with Gasteiger partial charge in [-0.25, -0.2) is 8.42 Å². The summed E-state index contributed by atoms with van der Waals surface area (Å²) in [5.41, 5.74) is 1.33. The van der Waals surface area contributed by atoms with Gasteiger partial charge in [0.05, 0.1) is 24.2 Å². The molecule has 0 aliphatic heterocycles. The van der Waals surface area contributed by atoms with Crippen LogP contribution >= 0.6 is 0 Å². The molecule has 0 heterocycles. The summed E-state index contributed by atoms with van der Waals surface area (Å²) in [6.45, 7) is 0.111. The number of carbonyl (C=O) groups excluding carboxylic acids is 2. The van der Waals surface area contributed by atoms with E-state index in [1.165, 1.54) is 31.4 Å². The highest BCUT2D eigenvalue weighted by atomic mass is 32.2. The SMILES string of the molecule is COc1ccccc1NS(=O)(=O)c1cccc(C(=O)NCC(=O)NCc2ccccc2)c1. The van der Waals surface area contributed by atoms with Crippen LogP contribution in [-0.2, 0) is 21.4 Å². The number of hydrogen-bond acceptors (Lipinski definition) is 5. The first kappa shape index (κ1) is 22.8. The summed E-state index contributed by atoms with van der Waals surface area (Å²) in [6, 6.07) is 21.5. The topological polar surface area (TPSA) is 114 Å². The lowest BCUT2D eigenvalue weighted by molar-refractivity contribution is -0.120. The van der Waals surface area contributed by atoms with Gasteiger partial charge in [0.2, 0.25) is 5.91 Å². The van der Waals surface area contributed by atoms with Gasteiger partial charge >= 0.3 is 0 Å². The Morgan fingerprint density at radius 3 is 2.34 bits per heavy atom. The number of carbonyl (C=O) groups is 2. The molecular formula is C23H23N3O5S. The van der Waals surface area contributed by atoms with Crippen LogP contribution in [0.1, 0.15) is 15.9 Å². The lowest BCUT2D eigenvalue weighted by Crippen LogP contribution is -2.36. The van der Waals surface area contributed by atoms with Crippen LogP contribution in [0.25, 0.3) is 0 Å². The van der Waals surface area contributed by atoms with E-state index in [2.05, 4.69) is 15.4 Å². The molecule has 0 atom stereocenters. The first-order valence-corrected chi connectivity index (χ1v) is 11.2. The van der Waals surface area contributed by atoms with Crippen molar-refractivity contribution < 1.29 is 22.7 Å². The second kappa shape index (κ2) is 10.5. The van der Waals surface area contributed by atoms with E-state index in [4.69, 9.17) is 4.74 Å². The van der Waals surface area contributed by atoms with E-state index >= 15 is 0 Å². The van der Waals surface area contributed by atoms with Crippen molar-refractivity contribution in [3.05, 3.63) is 90.0 Å². The number of methoxy groups -OCH3 is 1. The number of rotatable bonds is 9. The van der Waals surface area contributed by atoms with Crippen molar-refractivity contribution >= 4 is 27.5 Å². The van der Waals surface area contributed by atoms with Gasteiger partial charge in [-0.15, -0.1) is 0 Å². The molecule has 0 spiro atoms. The van der Waals surface area contributed by atoms with Crippen LogP contribution in [-0.4, -0.2) is 33.9 Å². The van der Waals surface area contributed by atoms with E-state index in [0.29, 0.717) is 12.3 Å². The van der Waals surface area contributed by atoms with E-state index in [1.54, 1.807) is 24.3 Å². The molecule has 32 heavy (non-hydrogen) atoms. The van der Waals surface area contributed by atoms with Gasteiger partial charge in [0.25, 0.3) is 15.9 Å². The van der Waals surface area contributed by atoms with E-state index in [0.717, 1.165) is 5.56 Å². The van der Waals surface area contributed by atoms with Crippen LogP contribution in [0.5, 0.6) is 5.75 Å². The van der Waals surface area contributed by atoms with Crippen LogP contribution in [0.3, 0.4) is 0 Å². The maximum absolute atomic E-state index is 12.8. The first-order valence-electron chi connectivity index (χ1n) is 9.74. The fourth-order valence-electron chi connectivity index (χ4n) is 2.86.